The Morgan fingerprint density at radius 3 is 2.12 bits per heavy atom. The topological polar surface area (TPSA) is 41.9 Å². The first-order chi connectivity index (χ1) is 8.24. The second-order valence-electron chi connectivity index (χ2n) is 4.33. The molecule has 1 aliphatic rings. The summed E-state index contributed by atoms with van der Waals surface area (Å²) in [5.41, 5.74) is 1.11. The van der Waals surface area contributed by atoms with Crippen molar-refractivity contribution in [2.45, 2.75) is 19.4 Å². The highest BCUT2D eigenvalue weighted by Crippen LogP contribution is 2.37. The number of phenols is 1. The number of nitrogens with zero attached hydrogens (tertiary/aromatic N) is 1. The van der Waals surface area contributed by atoms with Gasteiger partial charge >= 0.3 is 0 Å². The lowest BCUT2D eigenvalue weighted by Gasteiger charge is -2.16. The number of benzene rings is 1. The summed E-state index contributed by atoms with van der Waals surface area (Å²) in [6.07, 6.45) is 2.54. The molecule has 1 N–H and O–H groups in total. The van der Waals surface area contributed by atoms with E-state index in [0.717, 1.165) is 25.2 Å². The summed E-state index contributed by atoms with van der Waals surface area (Å²) < 4.78 is 10.3. The number of hydrogen-bond donors (Lipinski definition) is 1. The second kappa shape index (κ2) is 5.27. The zero-order chi connectivity index (χ0) is 12.3. The lowest BCUT2D eigenvalue weighted by molar-refractivity contribution is 0.321. The zero-order valence-corrected chi connectivity index (χ0v) is 10.4. The highest BCUT2D eigenvalue weighted by atomic mass is 16.5. The molecule has 94 valence electrons. The molecule has 0 bridgehead atoms. The second-order valence-corrected chi connectivity index (χ2v) is 4.33. The van der Waals surface area contributed by atoms with Crippen LogP contribution in [-0.4, -0.2) is 37.3 Å². The van der Waals surface area contributed by atoms with E-state index in [1.54, 1.807) is 14.2 Å². The SMILES string of the molecule is COc1cc(CN2CCCC2)cc(OC)c1O. The van der Waals surface area contributed by atoms with Crippen LogP contribution in [0.5, 0.6) is 17.2 Å². The van der Waals surface area contributed by atoms with Gasteiger partial charge in [-0.15, -0.1) is 0 Å². The van der Waals surface area contributed by atoms with E-state index in [9.17, 15) is 5.11 Å². The van der Waals surface area contributed by atoms with Gasteiger partial charge in [-0.05, 0) is 43.6 Å². The highest BCUT2D eigenvalue weighted by molar-refractivity contribution is 5.52. The molecule has 1 heterocycles. The minimum absolute atomic E-state index is 0.0696. The molecule has 0 spiro atoms. The van der Waals surface area contributed by atoms with Crippen LogP contribution in [0.25, 0.3) is 0 Å². The van der Waals surface area contributed by atoms with Gasteiger partial charge in [0.25, 0.3) is 0 Å². The maximum absolute atomic E-state index is 9.81. The summed E-state index contributed by atoms with van der Waals surface area (Å²) in [6.45, 7) is 3.17. The van der Waals surface area contributed by atoms with E-state index < -0.39 is 0 Å². The van der Waals surface area contributed by atoms with Crippen molar-refractivity contribution in [1.29, 1.82) is 0 Å². The van der Waals surface area contributed by atoms with Crippen molar-refractivity contribution in [3.63, 3.8) is 0 Å². The van der Waals surface area contributed by atoms with Crippen LogP contribution in [0.15, 0.2) is 12.1 Å². The average Bonchev–Trinajstić information content (AvgIpc) is 2.84. The van der Waals surface area contributed by atoms with Gasteiger partial charge in [0.15, 0.2) is 11.5 Å². The Balaban J connectivity index is 2.21. The number of hydrogen-bond acceptors (Lipinski definition) is 4. The Morgan fingerprint density at radius 1 is 1.12 bits per heavy atom. The predicted molar refractivity (Wildman–Crippen MR) is 65.7 cm³/mol. The van der Waals surface area contributed by atoms with Crippen LogP contribution >= 0.6 is 0 Å². The normalized spacial score (nSPS) is 16.1. The quantitative estimate of drug-likeness (QED) is 0.869. The van der Waals surface area contributed by atoms with E-state index in [2.05, 4.69) is 4.90 Å². The molecule has 0 aromatic heterocycles. The highest BCUT2D eigenvalue weighted by Gasteiger charge is 2.15. The predicted octanol–water partition coefficient (Wildman–Crippen LogP) is 2.01. The Bertz CT molecular complexity index is 361. The van der Waals surface area contributed by atoms with E-state index in [1.807, 2.05) is 12.1 Å². The summed E-state index contributed by atoms with van der Waals surface area (Å²) >= 11 is 0. The first-order valence-corrected chi connectivity index (χ1v) is 5.91. The fourth-order valence-corrected chi connectivity index (χ4v) is 2.24. The first-order valence-electron chi connectivity index (χ1n) is 5.91. The first kappa shape index (κ1) is 12.0. The van der Waals surface area contributed by atoms with Gasteiger partial charge in [0, 0.05) is 6.54 Å². The molecule has 0 amide bonds. The molecule has 2 rings (SSSR count). The Kier molecular flexibility index (Phi) is 3.74. The van der Waals surface area contributed by atoms with Crippen LogP contribution < -0.4 is 9.47 Å². The van der Waals surface area contributed by atoms with E-state index >= 15 is 0 Å². The van der Waals surface area contributed by atoms with Crippen LogP contribution in [0.3, 0.4) is 0 Å². The van der Waals surface area contributed by atoms with E-state index in [0.29, 0.717) is 11.5 Å². The van der Waals surface area contributed by atoms with Gasteiger partial charge < -0.3 is 14.6 Å². The van der Waals surface area contributed by atoms with Crippen molar-refractivity contribution in [3.05, 3.63) is 17.7 Å². The van der Waals surface area contributed by atoms with Crippen LogP contribution in [0.1, 0.15) is 18.4 Å². The lowest BCUT2D eigenvalue weighted by Crippen LogP contribution is -2.18. The summed E-state index contributed by atoms with van der Waals surface area (Å²) in [5, 5.41) is 9.81. The lowest BCUT2D eigenvalue weighted by atomic mass is 10.1. The summed E-state index contributed by atoms with van der Waals surface area (Å²) in [5.74, 6) is 1.01. The van der Waals surface area contributed by atoms with Crippen molar-refractivity contribution in [3.8, 4) is 17.2 Å². The molecule has 4 nitrogen and oxygen atoms in total. The molecule has 1 aliphatic heterocycles. The summed E-state index contributed by atoms with van der Waals surface area (Å²) in [7, 11) is 3.10. The Hall–Kier alpha value is -1.42. The van der Waals surface area contributed by atoms with Crippen LogP contribution in [0.2, 0.25) is 0 Å². The molecule has 1 aromatic carbocycles. The van der Waals surface area contributed by atoms with Gasteiger partial charge in [0.2, 0.25) is 5.75 Å². The number of methoxy groups -OCH3 is 2. The average molecular weight is 237 g/mol. The van der Waals surface area contributed by atoms with E-state index in [-0.39, 0.29) is 5.75 Å². The molecular formula is C13H19NO3. The van der Waals surface area contributed by atoms with Crippen molar-refractivity contribution in [2.24, 2.45) is 0 Å². The van der Waals surface area contributed by atoms with Crippen molar-refractivity contribution >= 4 is 0 Å². The zero-order valence-electron chi connectivity index (χ0n) is 10.4. The maximum Gasteiger partial charge on any atom is 0.200 e. The number of rotatable bonds is 4. The molecule has 1 aromatic rings. The Morgan fingerprint density at radius 2 is 1.65 bits per heavy atom. The summed E-state index contributed by atoms with van der Waals surface area (Å²) in [4.78, 5) is 2.39. The van der Waals surface area contributed by atoms with Gasteiger partial charge in [-0.2, -0.15) is 0 Å². The molecule has 0 radical (unpaired) electrons. The largest absolute Gasteiger partial charge is 0.502 e. The number of phenolic OH excluding ortho intramolecular Hbond substituents is 1. The van der Waals surface area contributed by atoms with Crippen molar-refractivity contribution < 1.29 is 14.6 Å². The smallest absolute Gasteiger partial charge is 0.200 e. The fourth-order valence-electron chi connectivity index (χ4n) is 2.24. The molecular weight excluding hydrogens is 218 g/mol. The standard InChI is InChI=1S/C13H19NO3/c1-16-11-7-10(8-12(17-2)13(11)15)9-14-5-3-4-6-14/h7-8,15H,3-6,9H2,1-2H3. The van der Waals surface area contributed by atoms with Gasteiger partial charge in [0.1, 0.15) is 0 Å². The monoisotopic (exact) mass is 237 g/mol. The molecule has 4 heteroatoms. The Labute approximate surface area is 102 Å². The minimum atomic E-state index is 0.0696. The number of likely N-dealkylation sites (tertiary alicyclic amines) is 1. The number of ether oxygens (including phenoxy) is 2. The molecule has 0 aliphatic carbocycles. The third kappa shape index (κ3) is 2.64. The third-order valence-electron chi connectivity index (χ3n) is 3.14. The van der Waals surface area contributed by atoms with Gasteiger partial charge in [-0.25, -0.2) is 0 Å². The van der Waals surface area contributed by atoms with Crippen molar-refractivity contribution in [1.82, 2.24) is 4.90 Å². The van der Waals surface area contributed by atoms with Gasteiger partial charge in [-0.3, -0.25) is 4.90 Å². The number of aromatic hydroxyl groups is 1. The minimum Gasteiger partial charge on any atom is -0.502 e. The van der Waals surface area contributed by atoms with E-state index in [4.69, 9.17) is 9.47 Å². The van der Waals surface area contributed by atoms with E-state index in [1.165, 1.54) is 12.8 Å². The fraction of sp³-hybridized carbons (Fsp3) is 0.538. The third-order valence-corrected chi connectivity index (χ3v) is 3.14. The molecule has 17 heavy (non-hydrogen) atoms. The molecule has 0 atom stereocenters. The molecule has 0 saturated carbocycles. The van der Waals surface area contributed by atoms with Crippen LogP contribution in [0, 0.1) is 0 Å². The van der Waals surface area contributed by atoms with Crippen LogP contribution in [-0.2, 0) is 6.54 Å². The van der Waals surface area contributed by atoms with Gasteiger partial charge in [0.05, 0.1) is 14.2 Å². The summed E-state index contributed by atoms with van der Waals surface area (Å²) in [6, 6.07) is 3.74. The van der Waals surface area contributed by atoms with Crippen molar-refractivity contribution in [2.75, 3.05) is 27.3 Å². The van der Waals surface area contributed by atoms with Gasteiger partial charge in [-0.1, -0.05) is 0 Å². The maximum atomic E-state index is 9.81. The van der Waals surface area contributed by atoms with Crippen LogP contribution in [0.4, 0.5) is 0 Å². The molecule has 1 fully saturated rings. The molecule has 0 unspecified atom stereocenters. The molecule has 1 saturated heterocycles.